The number of imide groups is 1. The van der Waals surface area contributed by atoms with Crippen molar-refractivity contribution in [3.05, 3.63) is 63.9 Å². The second kappa shape index (κ2) is 8.43. The number of aromatic nitrogens is 3. The Hall–Kier alpha value is -3.33. The Morgan fingerprint density at radius 2 is 1.84 bits per heavy atom. The van der Waals surface area contributed by atoms with Gasteiger partial charge in [-0.1, -0.05) is 41.9 Å². The first-order chi connectivity index (χ1) is 14.8. The van der Waals surface area contributed by atoms with Crippen LogP contribution >= 0.6 is 15.9 Å². The number of amides is 3. The quantitative estimate of drug-likeness (QED) is 0.517. The predicted octanol–water partition coefficient (Wildman–Crippen LogP) is 3.98. The number of H-pyrrole nitrogens is 1. The molecule has 2 N–H and O–H groups in total. The zero-order valence-corrected chi connectivity index (χ0v) is 18.6. The maximum Gasteiger partial charge on any atom is 0.261 e. The lowest BCUT2D eigenvalue weighted by Crippen LogP contribution is -2.32. The number of halogens is 1. The number of rotatable bonds is 6. The van der Waals surface area contributed by atoms with Crippen LogP contribution in [0.4, 0.5) is 5.69 Å². The van der Waals surface area contributed by atoms with Crippen molar-refractivity contribution in [3.8, 4) is 11.4 Å². The lowest BCUT2D eigenvalue weighted by atomic mass is 10.1. The molecule has 3 amide bonds. The smallest absolute Gasteiger partial charge is 0.261 e. The number of hydrogen-bond acceptors (Lipinski definition) is 5. The Morgan fingerprint density at radius 1 is 1.10 bits per heavy atom. The lowest BCUT2D eigenvalue weighted by molar-refractivity contribution is -0.116. The van der Waals surface area contributed by atoms with Crippen LogP contribution in [-0.4, -0.2) is 44.3 Å². The first-order valence-electron chi connectivity index (χ1n) is 9.82. The predicted molar refractivity (Wildman–Crippen MR) is 119 cm³/mol. The van der Waals surface area contributed by atoms with Gasteiger partial charge in [-0.15, -0.1) is 0 Å². The summed E-state index contributed by atoms with van der Waals surface area (Å²) in [4.78, 5) is 43.3. The van der Waals surface area contributed by atoms with E-state index in [4.69, 9.17) is 0 Å². The van der Waals surface area contributed by atoms with Gasteiger partial charge >= 0.3 is 0 Å². The molecule has 4 rings (SSSR count). The number of aromatic amines is 1. The molecule has 1 aliphatic rings. The summed E-state index contributed by atoms with van der Waals surface area (Å²) in [5.74, 6) is 0.353. The highest BCUT2D eigenvalue weighted by atomic mass is 79.9. The van der Waals surface area contributed by atoms with Crippen molar-refractivity contribution in [1.29, 1.82) is 0 Å². The summed E-state index contributed by atoms with van der Waals surface area (Å²) in [5, 5.41) is 10.00. The second-order valence-electron chi connectivity index (χ2n) is 7.49. The number of nitrogens with zero attached hydrogens (tertiary/aromatic N) is 3. The highest BCUT2D eigenvalue weighted by Crippen LogP contribution is 2.28. The molecule has 0 spiro atoms. The molecule has 0 aliphatic carbocycles. The number of nitrogens with one attached hydrogen (secondary N) is 2. The summed E-state index contributed by atoms with van der Waals surface area (Å²) in [6, 6.07) is 12.2. The molecular formula is C22H20BrN5O3. The van der Waals surface area contributed by atoms with Crippen LogP contribution in [-0.2, 0) is 4.79 Å². The first kappa shape index (κ1) is 20.9. The van der Waals surface area contributed by atoms with Gasteiger partial charge in [0.15, 0.2) is 5.82 Å². The van der Waals surface area contributed by atoms with Crippen LogP contribution in [0.15, 0.2) is 46.9 Å². The molecular weight excluding hydrogens is 462 g/mol. The van der Waals surface area contributed by atoms with Crippen molar-refractivity contribution in [1.82, 2.24) is 20.1 Å². The van der Waals surface area contributed by atoms with Crippen LogP contribution < -0.4 is 5.32 Å². The molecule has 2 aromatic carbocycles. The van der Waals surface area contributed by atoms with Crippen LogP contribution in [0.5, 0.6) is 0 Å². The number of hydrogen-bond donors (Lipinski definition) is 2. The summed E-state index contributed by atoms with van der Waals surface area (Å²) in [7, 11) is 0. The van der Waals surface area contributed by atoms with Gasteiger partial charge in [-0.05, 0) is 30.3 Å². The molecule has 9 heteroatoms. The minimum Gasteiger partial charge on any atom is -0.325 e. The number of anilines is 1. The standard InChI is InChI=1S/C22H20BrN5O3/c1-12(2)19-25-20(27-26-19)15-5-3-4-6-17(15)24-18(29)9-10-28-21(30)14-8-7-13(23)11-16(14)22(28)31/h3-8,11-12H,9-10H2,1-2H3,(H,24,29)(H,25,26,27). The van der Waals surface area contributed by atoms with Gasteiger partial charge in [-0.25, -0.2) is 4.98 Å². The SMILES string of the molecule is CC(C)c1nc(-c2ccccc2NC(=O)CCN2C(=O)c3ccc(Br)cc3C2=O)n[nH]1. The topological polar surface area (TPSA) is 108 Å². The molecule has 1 aromatic heterocycles. The van der Waals surface area contributed by atoms with Crippen LogP contribution in [0.25, 0.3) is 11.4 Å². The molecule has 3 aromatic rings. The van der Waals surface area contributed by atoms with Crippen LogP contribution in [0.2, 0.25) is 0 Å². The molecule has 31 heavy (non-hydrogen) atoms. The molecule has 0 saturated carbocycles. The van der Waals surface area contributed by atoms with E-state index in [1.54, 1.807) is 30.3 Å². The van der Waals surface area contributed by atoms with E-state index in [-0.39, 0.29) is 30.7 Å². The molecule has 8 nitrogen and oxygen atoms in total. The van der Waals surface area contributed by atoms with E-state index in [1.165, 1.54) is 0 Å². The van der Waals surface area contributed by atoms with Crippen molar-refractivity contribution in [3.63, 3.8) is 0 Å². The molecule has 0 bridgehead atoms. The maximum absolute atomic E-state index is 12.6. The minimum atomic E-state index is -0.392. The molecule has 158 valence electrons. The van der Waals surface area contributed by atoms with Crippen molar-refractivity contribution in [2.24, 2.45) is 0 Å². The Labute approximate surface area is 187 Å². The highest BCUT2D eigenvalue weighted by Gasteiger charge is 2.35. The Balaban J connectivity index is 1.44. The summed E-state index contributed by atoms with van der Waals surface area (Å²) in [6.07, 6.45) is -0.0216. The molecule has 0 saturated heterocycles. The minimum absolute atomic E-state index is 0.00385. The summed E-state index contributed by atoms with van der Waals surface area (Å²) in [6.45, 7) is 4.02. The monoisotopic (exact) mass is 481 g/mol. The van der Waals surface area contributed by atoms with E-state index < -0.39 is 5.91 Å². The summed E-state index contributed by atoms with van der Waals surface area (Å²) in [5.41, 5.74) is 1.94. The number of fused-ring (bicyclic) bond motifs is 1. The van der Waals surface area contributed by atoms with Gasteiger partial charge in [0.1, 0.15) is 5.82 Å². The normalized spacial score (nSPS) is 13.1. The van der Waals surface area contributed by atoms with E-state index in [0.717, 1.165) is 15.2 Å². The van der Waals surface area contributed by atoms with Crippen molar-refractivity contribution < 1.29 is 14.4 Å². The van der Waals surface area contributed by atoms with Crippen LogP contribution in [0, 0.1) is 0 Å². The van der Waals surface area contributed by atoms with Gasteiger partial charge in [0.2, 0.25) is 5.91 Å². The highest BCUT2D eigenvalue weighted by molar-refractivity contribution is 9.10. The molecule has 0 atom stereocenters. The van der Waals surface area contributed by atoms with Crippen molar-refractivity contribution in [2.45, 2.75) is 26.2 Å². The van der Waals surface area contributed by atoms with Gasteiger partial charge in [0, 0.05) is 28.9 Å². The van der Waals surface area contributed by atoms with Crippen molar-refractivity contribution >= 4 is 39.3 Å². The lowest BCUT2D eigenvalue weighted by Gasteiger charge is -2.14. The molecule has 1 aliphatic heterocycles. The third-order valence-electron chi connectivity index (χ3n) is 4.99. The van der Waals surface area contributed by atoms with Crippen molar-refractivity contribution in [2.75, 3.05) is 11.9 Å². The average Bonchev–Trinajstić information content (AvgIpc) is 3.32. The molecule has 2 heterocycles. The number of para-hydroxylation sites is 1. The Kier molecular flexibility index (Phi) is 5.69. The number of carbonyl (C=O) groups is 3. The third kappa shape index (κ3) is 4.13. The van der Waals surface area contributed by atoms with Crippen LogP contribution in [0.1, 0.15) is 52.7 Å². The molecule has 0 radical (unpaired) electrons. The summed E-state index contributed by atoms with van der Waals surface area (Å²) >= 11 is 3.31. The average molecular weight is 482 g/mol. The van der Waals surface area contributed by atoms with Gasteiger partial charge in [-0.3, -0.25) is 24.4 Å². The Morgan fingerprint density at radius 3 is 2.58 bits per heavy atom. The van der Waals surface area contributed by atoms with Gasteiger partial charge in [0.05, 0.1) is 16.8 Å². The largest absolute Gasteiger partial charge is 0.325 e. The fraction of sp³-hybridized carbons (Fsp3) is 0.227. The van der Waals surface area contributed by atoms with E-state index in [1.807, 2.05) is 26.0 Å². The van der Waals surface area contributed by atoms with E-state index >= 15 is 0 Å². The number of carbonyl (C=O) groups excluding carboxylic acids is 3. The van der Waals surface area contributed by atoms with E-state index in [9.17, 15) is 14.4 Å². The van der Waals surface area contributed by atoms with Gasteiger partial charge in [0.25, 0.3) is 11.8 Å². The van der Waals surface area contributed by atoms with Gasteiger partial charge in [-0.2, -0.15) is 5.10 Å². The maximum atomic E-state index is 12.6. The second-order valence-corrected chi connectivity index (χ2v) is 8.41. The third-order valence-corrected chi connectivity index (χ3v) is 5.48. The zero-order valence-electron chi connectivity index (χ0n) is 17.0. The van der Waals surface area contributed by atoms with E-state index in [2.05, 4.69) is 36.4 Å². The molecule has 0 fully saturated rings. The summed E-state index contributed by atoms with van der Waals surface area (Å²) < 4.78 is 0.719. The molecule has 0 unspecified atom stereocenters. The van der Waals surface area contributed by atoms with Crippen LogP contribution in [0.3, 0.4) is 0 Å². The van der Waals surface area contributed by atoms with E-state index in [0.29, 0.717) is 28.2 Å². The fourth-order valence-corrected chi connectivity index (χ4v) is 3.69. The fourth-order valence-electron chi connectivity index (χ4n) is 3.33. The Bertz CT molecular complexity index is 1190. The zero-order chi connectivity index (χ0) is 22.1. The first-order valence-corrected chi connectivity index (χ1v) is 10.6. The van der Waals surface area contributed by atoms with Gasteiger partial charge < -0.3 is 5.32 Å². The number of benzene rings is 2.